The van der Waals surface area contributed by atoms with Crippen molar-refractivity contribution in [3.05, 3.63) is 53.3 Å². The highest BCUT2D eigenvalue weighted by Crippen LogP contribution is 2.27. The van der Waals surface area contributed by atoms with Crippen molar-refractivity contribution in [2.24, 2.45) is 0 Å². The van der Waals surface area contributed by atoms with Gasteiger partial charge in [0.25, 0.3) is 0 Å². The molecule has 2 heterocycles. The van der Waals surface area contributed by atoms with Crippen LogP contribution >= 0.6 is 0 Å². The summed E-state index contributed by atoms with van der Waals surface area (Å²) in [5.41, 5.74) is 2.25. The zero-order chi connectivity index (χ0) is 17.1. The molecule has 1 amide bonds. The van der Waals surface area contributed by atoms with Gasteiger partial charge in [0.15, 0.2) is 0 Å². The number of hydrogen-bond donors (Lipinski definition) is 1. The minimum absolute atomic E-state index is 0.0564. The maximum Gasteiger partial charge on any atom is 0.335 e. The molecular formula is C18H21N3O3. The average molecular weight is 327 g/mol. The second kappa shape index (κ2) is 6.86. The van der Waals surface area contributed by atoms with Gasteiger partial charge in [0.1, 0.15) is 6.54 Å². The van der Waals surface area contributed by atoms with Gasteiger partial charge < -0.3 is 10.0 Å². The summed E-state index contributed by atoms with van der Waals surface area (Å²) in [7, 11) is 0. The highest BCUT2D eigenvalue weighted by atomic mass is 16.4. The summed E-state index contributed by atoms with van der Waals surface area (Å²) in [6.07, 6.45) is 3.58. The molecule has 3 rings (SSSR count). The van der Waals surface area contributed by atoms with Crippen molar-refractivity contribution in [1.82, 2.24) is 14.7 Å². The van der Waals surface area contributed by atoms with Crippen LogP contribution in [0.3, 0.4) is 0 Å². The number of likely N-dealkylation sites (tertiary alicyclic amines) is 1. The Labute approximate surface area is 140 Å². The molecule has 0 spiro atoms. The summed E-state index contributed by atoms with van der Waals surface area (Å²) in [4.78, 5) is 25.5. The molecule has 1 unspecified atom stereocenters. The second-order valence-electron chi connectivity index (χ2n) is 6.24. The van der Waals surface area contributed by atoms with E-state index < -0.39 is 5.97 Å². The molecular weight excluding hydrogens is 306 g/mol. The number of amides is 1. The lowest BCUT2D eigenvalue weighted by Gasteiger charge is -2.33. The number of nitrogens with zero attached hydrogens (tertiary/aromatic N) is 3. The van der Waals surface area contributed by atoms with Gasteiger partial charge >= 0.3 is 5.97 Å². The van der Waals surface area contributed by atoms with Crippen LogP contribution in [-0.2, 0) is 11.3 Å². The molecule has 1 aliphatic heterocycles. The molecule has 6 heteroatoms. The SMILES string of the molecule is Cc1ccnn1CC(=O)N1CCCC(c2cccc(C(=O)O)c2)C1. The highest BCUT2D eigenvalue weighted by Gasteiger charge is 2.25. The first-order valence-corrected chi connectivity index (χ1v) is 8.14. The summed E-state index contributed by atoms with van der Waals surface area (Å²) in [5.74, 6) is -0.684. The summed E-state index contributed by atoms with van der Waals surface area (Å²) in [6.45, 7) is 3.55. The Morgan fingerprint density at radius 1 is 1.33 bits per heavy atom. The molecule has 1 aliphatic rings. The third kappa shape index (κ3) is 3.48. The van der Waals surface area contributed by atoms with Gasteiger partial charge in [0, 0.05) is 30.9 Å². The molecule has 0 saturated carbocycles. The van der Waals surface area contributed by atoms with Gasteiger partial charge in [-0.2, -0.15) is 5.10 Å². The summed E-state index contributed by atoms with van der Waals surface area (Å²) in [5, 5.41) is 13.3. The minimum Gasteiger partial charge on any atom is -0.478 e. The van der Waals surface area contributed by atoms with Crippen molar-refractivity contribution in [3.63, 3.8) is 0 Å². The van der Waals surface area contributed by atoms with E-state index in [1.165, 1.54) is 0 Å². The Balaban J connectivity index is 1.70. The van der Waals surface area contributed by atoms with E-state index in [1.54, 1.807) is 29.1 Å². The highest BCUT2D eigenvalue weighted by molar-refractivity contribution is 5.87. The van der Waals surface area contributed by atoms with Gasteiger partial charge in [0.2, 0.25) is 5.91 Å². The number of rotatable bonds is 4. The maximum atomic E-state index is 12.5. The van der Waals surface area contributed by atoms with Crippen LogP contribution in [0.4, 0.5) is 0 Å². The quantitative estimate of drug-likeness (QED) is 0.935. The van der Waals surface area contributed by atoms with Crippen LogP contribution in [0, 0.1) is 6.92 Å². The van der Waals surface area contributed by atoms with Gasteiger partial charge in [-0.1, -0.05) is 12.1 Å². The standard InChI is InChI=1S/C18H21N3O3/c1-13-7-8-19-21(13)12-17(22)20-9-3-6-16(11-20)14-4-2-5-15(10-14)18(23)24/h2,4-5,7-8,10,16H,3,6,9,11-12H2,1H3,(H,23,24). The number of piperidine rings is 1. The van der Waals surface area contributed by atoms with E-state index in [4.69, 9.17) is 5.11 Å². The third-order valence-electron chi connectivity index (χ3n) is 4.59. The molecule has 1 aromatic heterocycles. The van der Waals surface area contributed by atoms with E-state index in [2.05, 4.69) is 5.10 Å². The molecule has 0 radical (unpaired) electrons. The van der Waals surface area contributed by atoms with Crippen molar-refractivity contribution < 1.29 is 14.7 Å². The van der Waals surface area contributed by atoms with Gasteiger partial charge in [-0.05, 0) is 43.5 Å². The largest absolute Gasteiger partial charge is 0.478 e. The lowest BCUT2D eigenvalue weighted by molar-refractivity contribution is -0.133. The fourth-order valence-electron chi connectivity index (χ4n) is 3.19. The lowest BCUT2D eigenvalue weighted by atomic mass is 9.89. The fraction of sp³-hybridized carbons (Fsp3) is 0.389. The van der Waals surface area contributed by atoms with Crippen LogP contribution in [0.2, 0.25) is 0 Å². The number of aromatic carboxylic acids is 1. The minimum atomic E-state index is -0.922. The van der Waals surface area contributed by atoms with Gasteiger partial charge in [-0.25, -0.2) is 4.79 Å². The molecule has 126 valence electrons. The molecule has 1 saturated heterocycles. The molecule has 24 heavy (non-hydrogen) atoms. The molecule has 1 N–H and O–H groups in total. The van der Waals surface area contributed by atoms with Crippen LogP contribution in [0.5, 0.6) is 0 Å². The van der Waals surface area contributed by atoms with Crippen molar-refractivity contribution in [3.8, 4) is 0 Å². The normalized spacial score (nSPS) is 17.7. The number of hydrogen-bond acceptors (Lipinski definition) is 3. The van der Waals surface area contributed by atoms with E-state index in [1.807, 2.05) is 24.0 Å². The molecule has 1 fully saturated rings. The number of carboxylic acids is 1. The van der Waals surface area contributed by atoms with Crippen molar-refractivity contribution in [2.75, 3.05) is 13.1 Å². The Morgan fingerprint density at radius 2 is 2.17 bits per heavy atom. The molecule has 0 bridgehead atoms. The second-order valence-corrected chi connectivity index (χ2v) is 6.24. The van der Waals surface area contributed by atoms with Gasteiger partial charge in [0.05, 0.1) is 5.56 Å². The number of aryl methyl sites for hydroxylation is 1. The van der Waals surface area contributed by atoms with E-state index in [0.717, 1.165) is 30.6 Å². The predicted octanol–water partition coefficient (Wildman–Crippen LogP) is 2.30. The molecule has 1 atom stereocenters. The lowest BCUT2D eigenvalue weighted by Crippen LogP contribution is -2.41. The Morgan fingerprint density at radius 3 is 2.88 bits per heavy atom. The summed E-state index contributed by atoms with van der Waals surface area (Å²) < 4.78 is 1.71. The van der Waals surface area contributed by atoms with E-state index in [0.29, 0.717) is 12.1 Å². The molecule has 6 nitrogen and oxygen atoms in total. The average Bonchev–Trinajstić information content (AvgIpc) is 3.00. The first-order chi connectivity index (χ1) is 11.5. The van der Waals surface area contributed by atoms with E-state index >= 15 is 0 Å². The number of benzene rings is 1. The molecule has 1 aromatic carbocycles. The van der Waals surface area contributed by atoms with Crippen LogP contribution in [0.25, 0.3) is 0 Å². The number of carbonyl (C=O) groups is 2. The van der Waals surface area contributed by atoms with Gasteiger partial charge in [-0.15, -0.1) is 0 Å². The van der Waals surface area contributed by atoms with E-state index in [9.17, 15) is 9.59 Å². The molecule has 2 aromatic rings. The zero-order valence-electron chi connectivity index (χ0n) is 13.7. The number of carboxylic acid groups (broad SMARTS) is 1. The first kappa shape index (κ1) is 16.2. The summed E-state index contributed by atoms with van der Waals surface area (Å²) in [6, 6.07) is 8.91. The van der Waals surface area contributed by atoms with Gasteiger partial charge in [-0.3, -0.25) is 9.48 Å². The van der Waals surface area contributed by atoms with Crippen LogP contribution in [0.1, 0.15) is 40.4 Å². The Bertz CT molecular complexity index is 753. The van der Waals surface area contributed by atoms with Crippen molar-refractivity contribution in [2.45, 2.75) is 32.2 Å². The van der Waals surface area contributed by atoms with Crippen molar-refractivity contribution in [1.29, 1.82) is 0 Å². The monoisotopic (exact) mass is 327 g/mol. The van der Waals surface area contributed by atoms with Crippen molar-refractivity contribution >= 4 is 11.9 Å². The maximum absolute atomic E-state index is 12.5. The zero-order valence-corrected chi connectivity index (χ0v) is 13.7. The summed E-state index contributed by atoms with van der Waals surface area (Å²) >= 11 is 0. The smallest absolute Gasteiger partial charge is 0.335 e. The van der Waals surface area contributed by atoms with Crippen LogP contribution in [-0.4, -0.2) is 44.8 Å². The Hall–Kier alpha value is -2.63. The van der Waals surface area contributed by atoms with Crippen LogP contribution in [0.15, 0.2) is 36.5 Å². The first-order valence-electron chi connectivity index (χ1n) is 8.14. The molecule has 0 aliphatic carbocycles. The third-order valence-corrected chi connectivity index (χ3v) is 4.59. The number of carbonyl (C=O) groups excluding carboxylic acids is 1. The van der Waals surface area contributed by atoms with E-state index in [-0.39, 0.29) is 18.4 Å². The number of aromatic nitrogens is 2. The predicted molar refractivity (Wildman–Crippen MR) is 88.9 cm³/mol. The van der Waals surface area contributed by atoms with Crippen LogP contribution < -0.4 is 0 Å². The fourth-order valence-corrected chi connectivity index (χ4v) is 3.19. The topological polar surface area (TPSA) is 75.4 Å². The Kier molecular flexibility index (Phi) is 4.64.